The van der Waals surface area contributed by atoms with Gasteiger partial charge in [0, 0.05) is 18.2 Å². The van der Waals surface area contributed by atoms with E-state index in [0.717, 1.165) is 17.5 Å². The fourth-order valence-electron chi connectivity index (χ4n) is 2.89. The molecule has 2 aromatic carbocycles. The van der Waals surface area contributed by atoms with Crippen LogP contribution in [0.4, 0.5) is 4.39 Å². The van der Waals surface area contributed by atoms with Crippen molar-refractivity contribution < 1.29 is 18.7 Å². The minimum atomic E-state index is -0.769. The lowest BCUT2D eigenvalue weighted by atomic mass is 10.1. The second kappa shape index (κ2) is 10.8. The Hall–Kier alpha value is -2.89. The Balaban J connectivity index is 2.18. The number of nitrogens with one attached hydrogen (secondary N) is 1. The maximum atomic E-state index is 14.2. The summed E-state index contributed by atoms with van der Waals surface area (Å²) < 4.78 is 19.9. The average molecular weight is 415 g/mol. The van der Waals surface area contributed by atoms with Crippen molar-refractivity contribution in [3.05, 3.63) is 65.0 Å². The van der Waals surface area contributed by atoms with Gasteiger partial charge in [0.2, 0.25) is 5.91 Å². The number of halogens is 1. The van der Waals surface area contributed by atoms with Crippen LogP contribution >= 0.6 is 0 Å². The van der Waals surface area contributed by atoms with E-state index in [9.17, 15) is 14.0 Å². The first-order valence-electron chi connectivity index (χ1n) is 10.3. The highest BCUT2D eigenvalue weighted by Crippen LogP contribution is 2.18. The molecule has 1 N–H and O–H groups in total. The van der Waals surface area contributed by atoms with E-state index in [-0.39, 0.29) is 31.0 Å². The molecule has 0 aliphatic carbocycles. The van der Waals surface area contributed by atoms with Gasteiger partial charge in [-0.3, -0.25) is 9.59 Å². The summed E-state index contributed by atoms with van der Waals surface area (Å²) in [6.45, 7) is 9.22. The molecule has 2 atom stereocenters. The van der Waals surface area contributed by atoms with Crippen LogP contribution in [0.25, 0.3) is 0 Å². The number of ether oxygens (including phenoxy) is 1. The number of aryl methyl sites for hydroxylation is 2. The topological polar surface area (TPSA) is 58.6 Å². The maximum Gasteiger partial charge on any atom is 0.261 e. The van der Waals surface area contributed by atoms with Crippen molar-refractivity contribution in [3.8, 4) is 5.75 Å². The van der Waals surface area contributed by atoms with Crippen LogP contribution < -0.4 is 10.1 Å². The molecule has 0 saturated carbocycles. The largest absolute Gasteiger partial charge is 0.484 e. The SMILES string of the molecule is CC[C@@H](C)NC(=O)[C@H](C)N(Cc1ccccc1F)C(=O)COc1ccc(C)c(C)c1. The highest BCUT2D eigenvalue weighted by Gasteiger charge is 2.27. The van der Waals surface area contributed by atoms with Crippen LogP contribution in [0.5, 0.6) is 5.75 Å². The molecular formula is C24H31FN2O3. The van der Waals surface area contributed by atoms with Gasteiger partial charge in [-0.05, 0) is 63.4 Å². The lowest BCUT2D eigenvalue weighted by Gasteiger charge is -2.29. The van der Waals surface area contributed by atoms with Crippen LogP contribution in [0.15, 0.2) is 42.5 Å². The van der Waals surface area contributed by atoms with E-state index in [2.05, 4.69) is 5.32 Å². The van der Waals surface area contributed by atoms with Crippen molar-refractivity contribution >= 4 is 11.8 Å². The quantitative estimate of drug-likeness (QED) is 0.671. The second-order valence-corrected chi connectivity index (χ2v) is 7.64. The summed E-state index contributed by atoms with van der Waals surface area (Å²) in [5.74, 6) is -0.502. The molecule has 5 nitrogen and oxygen atoms in total. The third-order valence-corrected chi connectivity index (χ3v) is 5.31. The van der Waals surface area contributed by atoms with Crippen molar-refractivity contribution in [1.29, 1.82) is 0 Å². The molecule has 0 saturated heterocycles. The monoisotopic (exact) mass is 414 g/mol. The van der Waals surface area contributed by atoms with E-state index in [1.807, 2.05) is 39.8 Å². The average Bonchev–Trinajstić information content (AvgIpc) is 2.73. The number of nitrogens with zero attached hydrogens (tertiary/aromatic N) is 1. The Morgan fingerprint density at radius 1 is 1.10 bits per heavy atom. The minimum Gasteiger partial charge on any atom is -0.484 e. The van der Waals surface area contributed by atoms with Crippen LogP contribution in [-0.4, -0.2) is 35.4 Å². The molecule has 0 spiro atoms. The zero-order valence-electron chi connectivity index (χ0n) is 18.4. The first-order valence-corrected chi connectivity index (χ1v) is 10.3. The Labute approximate surface area is 178 Å². The van der Waals surface area contributed by atoms with E-state index in [0.29, 0.717) is 11.3 Å². The predicted molar refractivity (Wildman–Crippen MR) is 116 cm³/mol. The molecular weight excluding hydrogens is 383 g/mol. The molecule has 0 radical (unpaired) electrons. The van der Waals surface area contributed by atoms with Gasteiger partial charge in [0.25, 0.3) is 5.91 Å². The lowest BCUT2D eigenvalue weighted by Crippen LogP contribution is -2.50. The Morgan fingerprint density at radius 2 is 1.80 bits per heavy atom. The van der Waals surface area contributed by atoms with Crippen LogP contribution in [0.2, 0.25) is 0 Å². The molecule has 0 aliphatic heterocycles. The van der Waals surface area contributed by atoms with Gasteiger partial charge in [0.1, 0.15) is 17.6 Å². The van der Waals surface area contributed by atoms with Crippen LogP contribution in [0.3, 0.4) is 0 Å². The summed E-state index contributed by atoms with van der Waals surface area (Å²) >= 11 is 0. The van der Waals surface area contributed by atoms with Gasteiger partial charge in [-0.2, -0.15) is 0 Å². The predicted octanol–water partition coefficient (Wildman–Crippen LogP) is 4.15. The van der Waals surface area contributed by atoms with Gasteiger partial charge >= 0.3 is 0 Å². The summed E-state index contributed by atoms with van der Waals surface area (Å²) in [5.41, 5.74) is 2.54. The van der Waals surface area contributed by atoms with Crippen LogP contribution in [0, 0.1) is 19.7 Å². The van der Waals surface area contributed by atoms with Crippen LogP contribution in [-0.2, 0) is 16.1 Å². The van der Waals surface area contributed by atoms with Crippen molar-refractivity contribution in [2.75, 3.05) is 6.61 Å². The van der Waals surface area contributed by atoms with Gasteiger partial charge in [-0.15, -0.1) is 0 Å². The Morgan fingerprint density at radius 3 is 2.43 bits per heavy atom. The van der Waals surface area contributed by atoms with Gasteiger partial charge in [-0.25, -0.2) is 4.39 Å². The lowest BCUT2D eigenvalue weighted by molar-refractivity contribution is -0.142. The summed E-state index contributed by atoms with van der Waals surface area (Å²) in [5, 5.41) is 2.89. The minimum absolute atomic E-state index is 0.0165. The molecule has 0 unspecified atom stereocenters. The molecule has 30 heavy (non-hydrogen) atoms. The van der Waals surface area contributed by atoms with E-state index in [1.54, 1.807) is 31.2 Å². The van der Waals surface area contributed by atoms with E-state index in [4.69, 9.17) is 4.74 Å². The first-order chi connectivity index (χ1) is 14.2. The number of rotatable bonds is 9. The number of amides is 2. The fraction of sp³-hybridized carbons (Fsp3) is 0.417. The van der Waals surface area contributed by atoms with Crippen molar-refractivity contribution in [3.63, 3.8) is 0 Å². The van der Waals surface area contributed by atoms with Crippen molar-refractivity contribution in [2.45, 2.75) is 59.7 Å². The maximum absolute atomic E-state index is 14.2. The van der Waals surface area contributed by atoms with Crippen molar-refractivity contribution in [2.24, 2.45) is 0 Å². The molecule has 0 bridgehead atoms. The first kappa shape index (κ1) is 23.4. The Bertz CT molecular complexity index is 885. The third kappa shape index (κ3) is 6.31. The smallest absolute Gasteiger partial charge is 0.261 e. The van der Waals surface area contributed by atoms with Gasteiger partial charge in [0.15, 0.2) is 6.61 Å². The summed E-state index contributed by atoms with van der Waals surface area (Å²) in [4.78, 5) is 27.0. The molecule has 0 heterocycles. The highest BCUT2D eigenvalue weighted by molar-refractivity contribution is 5.88. The molecule has 0 aliphatic rings. The van der Waals surface area contributed by atoms with Gasteiger partial charge in [-0.1, -0.05) is 31.2 Å². The van der Waals surface area contributed by atoms with Gasteiger partial charge < -0.3 is 15.0 Å². The molecule has 6 heteroatoms. The van der Waals surface area contributed by atoms with Crippen molar-refractivity contribution in [1.82, 2.24) is 10.2 Å². The molecule has 0 aromatic heterocycles. The standard InChI is InChI=1S/C24H31FN2O3/c1-6-18(4)26-24(29)19(5)27(14-20-9-7-8-10-22(20)25)23(28)15-30-21-12-11-16(2)17(3)13-21/h7-13,18-19H,6,14-15H2,1-5H3,(H,26,29)/t18-,19+/m1/s1. The molecule has 2 aromatic rings. The number of carbonyl (C=O) groups is 2. The molecule has 2 rings (SSSR count). The zero-order valence-corrected chi connectivity index (χ0v) is 18.4. The summed E-state index contributed by atoms with van der Waals surface area (Å²) in [7, 11) is 0. The van der Waals surface area contributed by atoms with Gasteiger partial charge in [0.05, 0.1) is 0 Å². The number of benzene rings is 2. The second-order valence-electron chi connectivity index (χ2n) is 7.64. The third-order valence-electron chi connectivity index (χ3n) is 5.31. The number of hydrogen-bond donors (Lipinski definition) is 1. The zero-order chi connectivity index (χ0) is 22.3. The van der Waals surface area contributed by atoms with E-state index in [1.165, 1.54) is 11.0 Å². The van der Waals surface area contributed by atoms with Crippen LogP contribution in [0.1, 0.15) is 43.9 Å². The number of carbonyl (C=O) groups excluding carboxylic acids is 2. The number of hydrogen-bond acceptors (Lipinski definition) is 3. The summed E-state index contributed by atoms with van der Waals surface area (Å²) in [6.07, 6.45) is 0.773. The molecule has 162 valence electrons. The van der Waals surface area contributed by atoms with E-state index < -0.39 is 11.9 Å². The molecule has 0 fully saturated rings. The fourth-order valence-corrected chi connectivity index (χ4v) is 2.89. The Kier molecular flexibility index (Phi) is 8.39. The summed E-state index contributed by atoms with van der Waals surface area (Å²) in [6, 6.07) is 11.1. The highest BCUT2D eigenvalue weighted by atomic mass is 19.1. The molecule has 2 amide bonds. The normalized spacial score (nSPS) is 12.7. The van der Waals surface area contributed by atoms with E-state index >= 15 is 0 Å².